The van der Waals surface area contributed by atoms with Gasteiger partial charge in [-0.3, -0.25) is 14.5 Å². The van der Waals surface area contributed by atoms with Crippen LogP contribution < -0.4 is 5.32 Å². The van der Waals surface area contributed by atoms with Crippen LogP contribution in [0.15, 0.2) is 48.5 Å². The standard InChI is InChI=1S/C27H33N3O5/c1-18(24(31)32)29-12-14-30(15-13-29)25(33)27(2,3)17-28-26(34)35-16-23-21-10-6-4-8-19(21)20-9-5-7-11-22(20)23/h4-11,18,23H,12-17H2,1-3H3,(H,28,34)(H,31,32). The predicted molar refractivity (Wildman–Crippen MR) is 132 cm³/mol. The topological polar surface area (TPSA) is 99.2 Å². The monoisotopic (exact) mass is 479 g/mol. The van der Waals surface area contributed by atoms with Crippen molar-refractivity contribution in [3.8, 4) is 11.1 Å². The van der Waals surface area contributed by atoms with Crippen LogP contribution in [0.5, 0.6) is 0 Å². The molecule has 186 valence electrons. The zero-order chi connectivity index (χ0) is 25.2. The van der Waals surface area contributed by atoms with Gasteiger partial charge in [0.1, 0.15) is 12.6 Å². The molecule has 8 nitrogen and oxygen atoms in total. The molecule has 1 saturated heterocycles. The Bertz CT molecular complexity index is 1060. The lowest BCUT2D eigenvalue weighted by molar-refractivity contribution is -0.146. The van der Waals surface area contributed by atoms with E-state index in [9.17, 15) is 19.5 Å². The molecule has 1 heterocycles. The number of amides is 2. The molecule has 2 aromatic rings. The van der Waals surface area contributed by atoms with Gasteiger partial charge >= 0.3 is 12.1 Å². The molecular formula is C27H33N3O5. The molecule has 35 heavy (non-hydrogen) atoms. The summed E-state index contributed by atoms with van der Waals surface area (Å²) in [6, 6.07) is 15.8. The van der Waals surface area contributed by atoms with Crippen LogP contribution in [0.3, 0.4) is 0 Å². The van der Waals surface area contributed by atoms with Gasteiger partial charge in [-0.05, 0) is 43.0 Å². The highest BCUT2D eigenvalue weighted by Gasteiger charge is 2.36. The van der Waals surface area contributed by atoms with Crippen molar-refractivity contribution in [2.24, 2.45) is 5.41 Å². The Labute approximate surface area is 205 Å². The van der Waals surface area contributed by atoms with Gasteiger partial charge in [0.15, 0.2) is 0 Å². The van der Waals surface area contributed by atoms with Crippen LogP contribution in [0.2, 0.25) is 0 Å². The predicted octanol–water partition coefficient (Wildman–Crippen LogP) is 3.17. The van der Waals surface area contributed by atoms with Crippen molar-refractivity contribution in [1.82, 2.24) is 15.1 Å². The highest BCUT2D eigenvalue weighted by molar-refractivity contribution is 5.83. The van der Waals surface area contributed by atoms with Gasteiger partial charge in [-0.1, -0.05) is 48.5 Å². The fourth-order valence-corrected chi connectivity index (χ4v) is 4.91. The van der Waals surface area contributed by atoms with Gasteiger partial charge in [0, 0.05) is 38.6 Å². The molecule has 2 N–H and O–H groups in total. The summed E-state index contributed by atoms with van der Waals surface area (Å²) in [4.78, 5) is 40.4. The molecule has 1 aliphatic carbocycles. The maximum atomic E-state index is 13.1. The minimum Gasteiger partial charge on any atom is -0.480 e. The Hall–Kier alpha value is -3.39. The van der Waals surface area contributed by atoms with Gasteiger partial charge in [0.2, 0.25) is 5.91 Å². The molecule has 0 bridgehead atoms. The van der Waals surface area contributed by atoms with Gasteiger partial charge in [-0.2, -0.15) is 0 Å². The third-order valence-electron chi connectivity index (χ3n) is 7.10. The molecule has 2 aliphatic rings. The average molecular weight is 480 g/mol. The number of piperazine rings is 1. The van der Waals surface area contributed by atoms with Gasteiger partial charge in [-0.25, -0.2) is 4.79 Å². The number of hydrogen-bond acceptors (Lipinski definition) is 5. The second-order valence-corrected chi connectivity index (χ2v) is 9.91. The van der Waals surface area contributed by atoms with E-state index in [0.29, 0.717) is 26.2 Å². The second-order valence-electron chi connectivity index (χ2n) is 9.91. The number of benzene rings is 2. The molecule has 0 radical (unpaired) electrons. The highest BCUT2D eigenvalue weighted by atomic mass is 16.5. The van der Waals surface area contributed by atoms with Crippen LogP contribution in [0.4, 0.5) is 4.79 Å². The van der Waals surface area contributed by atoms with Crippen LogP contribution >= 0.6 is 0 Å². The summed E-state index contributed by atoms with van der Waals surface area (Å²) in [6.45, 7) is 7.56. The number of hydrogen-bond donors (Lipinski definition) is 2. The molecule has 2 amide bonds. The van der Waals surface area contributed by atoms with E-state index in [1.165, 1.54) is 11.1 Å². The summed E-state index contributed by atoms with van der Waals surface area (Å²) in [5.74, 6) is -0.955. The van der Waals surface area contributed by atoms with Crippen LogP contribution in [0.1, 0.15) is 37.8 Å². The molecular weight excluding hydrogens is 446 g/mol. The van der Waals surface area contributed by atoms with Gasteiger partial charge in [0.25, 0.3) is 0 Å². The molecule has 2 aromatic carbocycles. The first-order chi connectivity index (χ1) is 16.7. The van der Waals surface area contributed by atoms with Crippen molar-refractivity contribution in [3.05, 3.63) is 59.7 Å². The maximum Gasteiger partial charge on any atom is 0.407 e. The van der Waals surface area contributed by atoms with Gasteiger partial charge in [0.05, 0.1) is 5.41 Å². The number of aliphatic carboxylic acids is 1. The van der Waals surface area contributed by atoms with Crippen molar-refractivity contribution in [1.29, 1.82) is 0 Å². The molecule has 1 fully saturated rings. The smallest absolute Gasteiger partial charge is 0.407 e. The first-order valence-corrected chi connectivity index (χ1v) is 12.0. The third-order valence-corrected chi connectivity index (χ3v) is 7.10. The van der Waals surface area contributed by atoms with Crippen LogP contribution in [0.25, 0.3) is 11.1 Å². The number of alkyl carbamates (subject to hydrolysis) is 1. The summed E-state index contributed by atoms with van der Waals surface area (Å²) < 4.78 is 5.59. The maximum absolute atomic E-state index is 13.1. The quantitative estimate of drug-likeness (QED) is 0.633. The normalized spacial score (nSPS) is 16.8. The lowest BCUT2D eigenvalue weighted by Gasteiger charge is -2.39. The van der Waals surface area contributed by atoms with E-state index in [1.807, 2.05) is 29.2 Å². The van der Waals surface area contributed by atoms with Crippen LogP contribution in [0, 0.1) is 5.41 Å². The number of carboxylic acid groups (broad SMARTS) is 1. The number of carboxylic acids is 1. The first-order valence-electron chi connectivity index (χ1n) is 12.0. The van der Waals surface area contributed by atoms with Gasteiger partial charge in [-0.15, -0.1) is 0 Å². The molecule has 1 unspecified atom stereocenters. The van der Waals surface area contributed by atoms with E-state index in [0.717, 1.165) is 11.1 Å². The fourth-order valence-electron chi connectivity index (χ4n) is 4.91. The zero-order valence-electron chi connectivity index (χ0n) is 20.5. The number of carbonyl (C=O) groups excluding carboxylic acids is 2. The lowest BCUT2D eigenvalue weighted by Crippen LogP contribution is -2.56. The Morgan fingerprint density at radius 1 is 1.00 bits per heavy atom. The number of nitrogens with zero attached hydrogens (tertiary/aromatic N) is 2. The number of rotatable bonds is 7. The van der Waals surface area contributed by atoms with Crippen molar-refractivity contribution in [2.75, 3.05) is 39.3 Å². The van der Waals surface area contributed by atoms with E-state index in [1.54, 1.807) is 25.7 Å². The minimum absolute atomic E-state index is 0.0210. The first kappa shape index (κ1) is 24.7. The molecule has 8 heteroatoms. The second kappa shape index (κ2) is 10.1. The summed E-state index contributed by atoms with van der Waals surface area (Å²) in [5, 5.41) is 12.0. The molecule has 1 aliphatic heterocycles. The molecule has 4 rings (SSSR count). The molecule has 0 aromatic heterocycles. The number of fused-ring (bicyclic) bond motifs is 3. The van der Waals surface area contributed by atoms with Crippen molar-refractivity contribution in [3.63, 3.8) is 0 Å². The van der Waals surface area contributed by atoms with E-state index in [-0.39, 0.29) is 25.0 Å². The Kier molecular flexibility index (Phi) is 7.12. The zero-order valence-corrected chi connectivity index (χ0v) is 20.5. The highest BCUT2D eigenvalue weighted by Crippen LogP contribution is 2.44. The summed E-state index contributed by atoms with van der Waals surface area (Å²) in [5.41, 5.74) is 3.82. The largest absolute Gasteiger partial charge is 0.480 e. The fraction of sp³-hybridized carbons (Fsp3) is 0.444. The number of carbonyl (C=O) groups is 3. The summed E-state index contributed by atoms with van der Waals surface area (Å²) in [7, 11) is 0. The van der Waals surface area contributed by atoms with E-state index in [2.05, 4.69) is 29.6 Å². The van der Waals surface area contributed by atoms with Crippen LogP contribution in [-0.2, 0) is 14.3 Å². The average Bonchev–Trinajstić information content (AvgIpc) is 3.19. The summed E-state index contributed by atoms with van der Waals surface area (Å²) in [6.07, 6.45) is -0.548. The number of ether oxygens (including phenoxy) is 1. The summed E-state index contributed by atoms with van der Waals surface area (Å²) >= 11 is 0. The van der Waals surface area contributed by atoms with Crippen LogP contribution in [-0.4, -0.2) is 78.2 Å². The van der Waals surface area contributed by atoms with Crippen molar-refractivity contribution >= 4 is 18.0 Å². The van der Waals surface area contributed by atoms with Gasteiger partial charge < -0.3 is 20.1 Å². The van der Waals surface area contributed by atoms with E-state index in [4.69, 9.17) is 4.74 Å². The van der Waals surface area contributed by atoms with E-state index >= 15 is 0 Å². The Morgan fingerprint density at radius 3 is 2.09 bits per heavy atom. The number of nitrogens with one attached hydrogen (secondary N) is 1. The Balaban J connectivity index is 1.29. The SMILES string of the molecule is CC(C(=O)O)N1CCN(C(=O)C(C)(C)CNC(=O)OCC2c3ccccc3-c3ccccc32)CC1. The lowest BCUT2D eigenvalue weighted by atomic mass is 9.91. The molecule has 1 atom stereocenters. The Morgan fingerprint density at radius 2 is 1.54 bits per heavy atom. The van der Waals surface area contributed by atoms with Crippen molar-refractivity contribution < 1.29 is 24.2 Å². The molecule has 0 spiro atoms. The van der Waals surface area contributed by atoms with Crippen molar-refractivity contribution in [2.45, 2.75) is 32.7 Å². The third kappa shape index (κ3) is 5.17. The molecule has 0 saturated carbocycles. The van der Waals surface area contributed by atoms with E-state index < -0.39 is 23.5 Å². The minimum atomic E-state index is -0.864.